The molecule has 4 nitrogen and oxygen atoms in total. The van der Waals surface area contributed by atoms with Crippen LogP contribution in [0.2, 0.25) is 0 Å². The summed E-state index contributed by atoms with van der Waals surface area (Å²) in [5.41, 5.74) is 1.14. The van der Waals surface area contributed by atoms with Gasteiger partial charge in [0.1, 0.15) is 0 Å². The normalized spacial score (nSPS) is 21.9. The molecule has 0 unspecified atom stereocenters. The lowest BCUT2D eigenvalue weighted by molar-refractivity contribution is 0.365. The lowest BCUT2D eigenvalue weighted by Crippen LogP contribution is -2.33. The molecule has 0 N–H and O–H groups in total. The standard InChI is InChI=1S/C8H14B2O4/c1-7(2)8(9-11-3-4-12-9)10-13-5-6-14-10/h3-6H2,1-2H3. The maximum absolute atomic E-state index is 5.45. The summed E-state index contributed by atoms with van der Waals surface area (Å²) in [5.74, 6) is 0. The van der Waals surface area contributed by atoms with Gasteiger partial charge in [-0.1, -0.05) is 5.57 Å². The van der Waals surface area contributed by atoms with E-state index >= 15 is 0 Å². The Kier molecular flexibility index (Phi) is 3.28. The van der Waals surface area contributed by atoms with E-state index in [9.17, 15) is 0 Å². The van der Waals surface area contributed by atoms with Crippen LogP contribution in [0.5, 0.6) is 0 Å². The lowest BCUT2D eigenvalue weighted by Gasteiger charge is -2.13. The minimum Gasteiger partial charge on any atom is -0.406 e. The smallest absolute Gasteiger partial charge is 0.406 e. The second-order valence-electron chi connectivity index (χ2n) is 3.60. The molecular formula is C8H14B2O4. The van der Waals surface area contributed by atoms with Gasteiger partial charge in [-0.25, -0.2) is 0 Å². The quantitative estimate of drug-likeness (QED) is 0.601. The molecule has 76 valence electrons. The first kappa shape index (κ1) is 10.2. The molecule has 0 aliphatic carbocycles. The summed E-state index contributed by atoms with van der Waals surface area (Å²) in [5, 5.41) is 0.986. The highest BCUT2D eigenvalue weighted by Crippen LogP contribution is 2.20. The maximum Gasteiger partial charge on any atom is 0.485 e. The summed E-state index contributed by atoms with van der Waals surface area (Å²) >= 11 is 0. The molecule has 6 heteroatoms. The molecule has 2 rings (SSSR count). The second-order valence-corrected chi connectivity index (χ2v) is 3.60. The molecule has 2 aliphatic rings. The predicted molar refractivity (Wildman–Crippen MR) is 53.7 cm³/mol. The van der Waals surface area contributed by atoms with Gasteiger partial charge in [0.25, 0.3) is 0 Å². The Bertz CT molecular complexity index is 209. The van der Waals surface area contributed by atoms with Gasteiger partial charge in [0.05, 0.1) is 26.4 Å². The highest BCUT2D eigenvalue weighted by atomic mass is 16.7. The molecule has 0 aromatic carbocycles. The van der Waals surface area contributed by atoms with Crippen molar-refractivity contribution in [3.63, 3.8) is 0 Å². The van der Waals surface area contributed by atoms with Gasteiger partial charge in [-0.15, -0.1) is 0 Å². The molecule has 0 aromatic heterocycles. The minimum atomic E-state index is -0.275. The van der Waals surface area contributed by atoms with Crippen LogP contribution in [0.3, 0.4) is 0 Å². The Morgan fingerprint density at radius 3 is 1.43 bits per heavy atom. The van der Waals surface area contributed by atoms with E-state index in [1.165, 1.54) is 0 Å². The summed E-state index contributed by atoms with van der Waals surface area (Å²) < 4.78 is 21.8. The molecule has 0 bridgehead atoms. The van der Waals surface area contributed by atoms with Crippen LogP contribution in [0.25, 0.3) is 0 Å². The Labute approximate surface area is 84.8 Å². The van der Waals surface area contributed by atoms with Crippen LogP contribution >= 0.6 is 0 Å². The zero-order chi connectivity index (χ0) is 9.97. The van der Waals surface area contributed by atoms with E-state index in [1.807, 2.05) is 13.8 Å². The van der Waals surface area contributed by atoms with E-state index in [0.29, 0.717) is 26.4 Å². The fraction of sp³-hybridized carbons (Fsp3) is 0.750. The molecule has 14 heavy (non-hydrogen) atoms. The van der Waals surface area contributed by atoms with Gasteiger partial charge in [0, 0.05) is 0 Å². The van der Waals surface area contributed by atoms with Crippen LogP contribution in [0, 0.1) is 0 Å². The summed E-state index contributed by atoms with van der Waals surface area (Å²) in [4.78, 5) is 0. The molecule has 0 spiro atoms. The van der Waals surface area contributed by atoms with E-state index in [-0.39, 0.29) is 14.2 Å². The third-order valence-electron chi connectivity index (χ3n) is 2.33. The molecule has 0 atom stereocenters. The minimum absolute atomic E-state index is 0.275. The van der Waals surface area contributed by atoms with Crippen molar-refractivity contribution in [1.29, 1.82) is 0 Å². The monoisotopic (exact) mass is 196 g/mol. The Balaban J connectivity index is 2.10. The molecule has 2 saturated heterocycles. The average Bonchev–Trinajstić information content (AvgIpc) is 2.75. The molecule has 0 amide bonds. The SMILES string of the molecule is CC(C)=C(B1OCCO1)B1OCCO1. The van der Waals surface area contributed by atoms with Crippen molar-refractivity contribution in [2.45, 2.75) is 13.8 Å². The lowest BCUT2D eigenvalue weighted by atomic mass is 9.56. The van der Waals surface area contributed by atoms with E-state index in [2.05, 4.69) is 0 Å². The molecule has 0 saturated carbocycles. The van der Waals surface area contributed by atoms with Crippen molar-refractivity contribution in [3.05, 3.63) is 10.9 Å². The van der Waals surface area contributed by atoms with Gasteiger partial charge in [-0.2, -0.15) is 0 Å². The number of hydrogen-bond acceptors (Lipinski definition) is 4. The fourth-order valence-electron chi connectivity index (χ4n) is 1.66. The van der Waals surface area contributed by atoms with Crippen molar-refractivity contribution in [3.8, 4) is 0 Å². The third-order valence-corrected chi connectivity index (χ3v) is 2.33. The fourth-order valence-corrected chi connectivity index (χ4v) is 1.66. The largest absolute Gasteiger partial charge is 0.485 e. The van der Waals surface area contributed by atoms with E-state index in [0.717, 1.165) is 10.9 Å². The van der Waals surface area contributed by atoms with Crippen LogP contribution < -0.4 is 0 Å². The van der Waals surface area contributed by atoms with Crippen LogP contribution in [-0.2, 0) is 18.6 Å². The topological polar surface area (TPSA) is 36.9 Å². The average molecular weight is 196 g/mol. The first-order chi connectivity index (χ1) is 6.79. The van der Waals surface area contributed by atoms with Gasteiger partial charge in [-0.05, 0) is 19.2 Å². The van der Waals surface area contributed by atoms with E-state index in [1.54, 1.807) is 0 Å². The van der Waals surface area contributed by atoms with Crippen molar-refractivity contribution >= 4 is 14.2 Å². The van der Waals surface area contributed by atoms with Gasteiger partial charge in [-0.3, -0.25) is 0 Å². The van der Waals surface area contributed by atoms with Crippen molar-refractivity contribution in [1.82, 2.24) is 0 Å². The molecule has 2 fully saturated rings. The third kappa shape index (κ3) is 2.03. The second kappa shape index (κ2) is 4.49. The predicted octanol–water partition coefficient (Wildman–Crippen LogP) is 0.471. The Morgan fingerprint density at radius 1 is 0.786 bits per heavy atom. The van der Waals surface area contributed by atoms with Crippen LogP contribution in [0.1, 0.15) is 13.8 Å². The maximum atomic E-state index is 5.45. The van der Waals surface area contributed by atoms with Crippen LogP contribution in [0.15, 0.2) is 10.9 Å². The van der Waals surface area contributed by atoms with Crippen molar-refractivity contribution in [2.75, 3.05) is 26.4 Å². The summed E-state index contributed by atoms with van der Waals surface area (Å²) in [6.07, 6.45) is 0. The number of rotatable bonds is 2. The highest BCUT2D eigenvalue weighted by molar-refractivity contribution is 6.78. The summed E-state index contributed by atoms with van der Waals surface area (Å²) in [7, 11) is -0.550. The zero-order valence-corrected chi connectivity index (χ0v) is 8.62. The van der Waals surface area contributed by atoms with E-state index < -0.39 is 0 Å². The molecule has 2 heterocycles. The van der Waals surface area contributed by atoms with Gasteiger partial charge < -0.3 is 18.6 Å². The first-order valence-corrected chi connectivity index (χ1v) is 4.92. The van der Waals surface area contributed by atoms with Crippen molar-refractivity contribution in [2.24, 2.45) is 0 Å². The summed E-state index contributed by atoms with van der Waals surface area (Å²) in [6.45, 7) is 6.63. The van der Waals surface area contributed by atoms with Crippen LogP contribution in [-0.4, -0.2) is 40.7 Å². The highest BCUT2D eigenvalue weighted by Gasteiger charge is 2.41. The van der Waals surface area contributed by atoms with Crippen LogP contribution in [0.4, 0.5) is 0 Å². The summed E-state index contributed by atoms with van der Waals surface area (Å²) in [6, 6.07) is 0. The van der Waals surface area contributed by atoms with Gasteiger partial charge in [0.15, 0.2) is 0 Å². The molecule has 2 aliphatic heterocycles. The van der Waals surface area contributed by atoms with Gasteiger partial charge >= 0.3 is 14.2 Å². The van der Waals surface area contributed by atoms with Gasteiger partial charge in [0.2, 0.25) is 0 Å². The number of allylic oxidation sites excluding steroid dienone is 1. The van der Waals surface area contributed by atoms with Crippen molar-refractivity contribution < 1.29 is 18.6 Å². The number of hydrogen-bond donors (Lipinski definition) is 0. The Hall–Kier alpha value is -0.290. The molecule has 0 radical (unpaired) electrons. The Morgan fingerprint density at radius 2 is 1.14 bits per heavy atom. The van der Waals surface area contributed by atoms with E-state index in [4.69, 9.17) is 18.6 Å². The molecular weight excluding hydrogens is 182 g/mol. The zero-order valence-electron chi connectivity index (χ0n) is 8.62. The molecule has 0 aromatic rings. The first-order valence-electron chi connectivity index (χ1n) is 4.92.